The lowest BCUT2D eigenvalue weighted by Crippen LogP contribution is -2.39. The minimum absolute atomic E-state index is 0.247. The Hall–Kier alpha value is -1.62. The molecule has 1 fully saturated rings. The van der Waals surface area contributed by atoms with Crippen molar-refractivity contribution in [2.24, 2.45) is 5.73 Å². The SMILES string of the molecule is CN(c1nc2cc(F)ccc2n1CCN)C1CCC1. The van der Waals surface area contributed by atoms with Crippen LogP contribution in [-0.4, -0.2) is 29.2 Å². The highest BCUT2D eigenvalue weighted by Gasteiger charge is 2.26. The summed E-state index contributed by atoms with van der Waals surface area (Å²) in [6.45, 7) is 1.25. The fraction of sp³-hybridized carbons (Fsp3) is 0.500. The fourth-order valence-corrected chi connectivity index (χ4v) is 2.65. The van der Waals surface area contributed by atoms with Crippen molar-refractivity contribution in [2.45, 2.75) is 31.8 Å². The molecule has 1 aliphatic rings. The van der Waals surface area contributed by atoms with E-state index in [4.69, 9.17) is 5.73 Å². The maximum atomic E-state index is 13.3. The van der Waals surface area contributed by atoms with E-state index in [-0.39, 0.29) is 5.82 Å². The topological polar surface area (TPSA) is 47.1 Å². The maximum Gasteiger partial charge on any atom is 0.206 e. The molecule has 0 aliphatic heterocycles. The molecule has 102 valence electrons. The predicted octanol–water partition coefficient (Wildman–Crippen LogP) is 2.12. The zero-order chi connectivity index (χ0) is 13.4. The molecule has 0 amide bonds. The van der Waals surface area contributed by atoms with Gasteiger partial charge in [-0.2, -0.15) is 0 Å². The summed E-state index contributed by atoms with van der Waals surface area (Å²) >= 11 is 0. The number of hydrogen-bond acceptors (Lipinski definition) is 3. The largest absolute Gasteiger partial charge is 0.342 e. The Morgan fingerprint density at radius 2 is 2.26 bits per heavy atom. The molecule has 0 atom stereocenters. The van der Waals surface area contributed by atoms with Gasteiger partial charge in [0.1, 0.15) is 5.82 Å². The van der Waals surface area contributed by atoms with Crippen LogP contribution in [0.4, 0.5) is 10.3 Å². The second-order valence-corrected chi connectivity index (χ2v) is 5.18. The van der Waals surface area contributed by atoms with Crippen LogP contribution >= 0.6 is 0 Å². The number of nitrogens with zero attached hydrogens (tertiary/aromatic N) is 3. The first kappa shape index (κ1) is 12.4. The molecule has 1 aliphatic carbocycles. The summed E-state index contributed by atoms with van der Waals surface area (Å²) in [7, 11) is 2.06. The van der Waals surface area contributed by atoms with Crippen LogP contribution in [0.5, 0.6) is 0 Å². The first-order valence-corrected chi connectivity index (χ1v) is 6.79. The van der Waals surface area contributed by atoms with Crippen LogP contribution in [0, 0.1) is 5.82 Å². The first-order valence-electron chi connectivity index (χ1n) is 6.79. The Morgan fingerprint density at radius 3 is 2.89 bits per heavy atom. The molecule has 4 nitrogen and oxygen atoms in total. The van der Waals surface area contributed by atoms with Crippen LogP contribution in [0.1, 0.15) is 19.3 Å². The van der Waals surface area contributed by atoms with Crippen molar-refractivity contribution in [2.75, 3.05) is 18.5 Å². The summed E-state index contributed by atoms with van der Waals surface area (Å²) in [5.74, 6) is 0.651. The minimum Gasteiger partial charge on any atom is -0.342 e. The van der Waals surface area contributed by atoms with Crippen molar-refractivity contribution in [1.29, 1.82) is 0 Å². The number of rotatable bonds is 4. The van der Waals surface area contributed by atoms with Gasteiger partial charge >= 0.3 is 0 Å². The van der Waals surface area contributed by atoms with E-state index in [1.54, 1.807) is 6.07 Å². The van der Waals surface area contributed by atoms with Crippen LogP contribution < -0.4 is 10.6 Å². The van der Waals surface area contributed by atoms with E-state index >= 15 is 0 Å². The lowest BCUT2D eigenvalue weighted by Gasteiger charge is -2.35. The van der Waals surface area contributed by atoms with Gasteiger partial charge in [0.25, 0.3) is 0 Å². The quantitative estimate of drug-likeness (QED) is 0.918. The van der Waals surface area contributed by atoms with E-state index in [1.807, 2.05) is 0 Å². The molecular weight excluding hydrogens is 243 g/mol. The molecule has 0 saturated heterocycles. The van der Waals surface area contributed by atoms with Gasteiger partial charge in [-0.3, -0.25) is 0 Å². The zero-order valence-corrected chi connectivity index (χ0v) is 11.1. The highest BCUT2D eigenvalue weighted by Crippen LogP contribution is 2.30. The van der Waals surface area contributed by atoms with Crippen LogP contribution in [0.15, 0.2) is 18.2 Å². The summed E-state index contributed by atoms with van der Waals surface area (Å²) < 4.78 is 15.4. The van der Waals surface area contributed by atoms with Gasteiger partial charge in [-0.15, -0.1) is 0 Å². The summed E-state index contributed by atoms with van der Waals surface area (Å²) in [6.07, 6.45) is 3.69. The highest BCUT2D eigenvalue weighted by molar-refractivity contribution is 5.79. The van der Waals surface area contributed by atoms with Crippen molar-refractivity contribution in [3.8, 4) is 0 Å². The Labute approximate surface area is 112 Å². The Bertz CT molecular complexity index is 588. The lowest BCUT2D eigenvalue weighted by atomic mass is 9.92. The minimum atomic E-state index is -0.247. The Morgan fingerprint density at radius 1 is 1.47 bits per heavy atom. The van der Waals surface area contributed by atoms with Gasteiger partial charge in [0.2, 0.25) is 5.95 Å². The zero-order valence-electron chi connectivity index (χ0n) is 11.1. The number of benzene rings is 1. The van der Waals surface area contributed by atoms with Crippen molar-refractivity contribution < 1.29 is 4.39 Å². The molecule has 0 bridgehead atoms. The molecule has 19 heavy (non-hydrogen) atoms. The van der Waals surface area contributed by atoms with Crippen LogP contribution in [0.2, 0.25) is 0 Å². The van der Waals surface area contributed by atoms with Crippen LogP contribution in [-0.2, 0) is 6.54 Å². The van der Waals surface area contributed by atoms with Gasteiger partial charge in [0, 0.05) is 32.2 Å². The van der Waals surface area contributed by atoms with Crippen molar-refractivity contribution in [3.05, 3.63) is 24.0 Å². The first-order chi connectivity index (χ1) is 9.20. The smallest absolute Gasteiger partial charge is 0.206 e. The van der Waals surface area contributed by atoms with Crippen LogP contribution in [0.25, 0.3) is 11.0 Å². The molecule has 0 spiro atoms. The molecule has 1 aromatic carbocycles. The number of nitrogens with two attached hydrogens (primary N) is 1. The van der Waals surface area contributed by atoms with E-state index in [0.717, 1.165) is 11.5 Å². The van der Waals surface area contributed by atoms with Gasteiger partial charge in [-0.1, -0.05) is 0 Å². The second kappa shape index (κ2) is 4.81. The second-order valence-electron chi connectivity index (χ2n) is 5.18. The number of halogens is 1. The Kier molecular flexibility index (Phi) is 3.14. The standard InChI is InChI=1S/C14H19FN4/c1-18(11-3-2-4-11)14-17-12-9-10(15)5-6-13(12)19(14)8-7-16/h5-6,9,11H,2-4,7-8,16H2,1H3. The summed E-state index contributed by atoms with van der Waals surface area (Å²) in [5, 5.41) is 0. The van der Waals surface area contributed by atoms with E-state index in [9.17, 15) is 4.39 Å². The summed E-state index contributed by atoms with van der Waals surface area (Å²) in [4.78, 5) is 6.79. The monoisotopic (exact) mass is 262 g/mol. The lowest BCUT2D eigenvalue weighted by molar-refractivity contribution is 0.394. The van der Waals surface area contributed by atoms with Gasteiger partial charge in [-0.05, 0) is 31.4 Å². The third-order valence-electron chi connectivity index (χ3n) is 3.98. The molecule has 1 heterocycles. The maximum absolute atomic E-state index is 13.3. The van der Waals surface area contributed by atoms with Crippen molar-refractivity contribution >= 4 is 17.0 Å². The molecule has 0 radical (unpaired) electrons. The molecule has 3 rings (SSSR count). The van der Waals surface area contributed by atoms with Gasteiger partial charge in [0.05, 0.1) is 11.0 Å². The number of imidazole rings is 1. The molecule has 1 aromatic heterocycles. The normalized spacial score (nSPS) is 15.7. The van der Waals surface area contributed by atoms with E-state index in [2.05, 4.69) is 21.5 Å². The molecule has 2 N–H and O–H groups in total. The molecule has 0 unspecified atom stereocenters. The van der Waals surface area contributed by atoms with Gasteiger partial charge in [-0.25, -0.2) is 9.37 Å². The predicted molar refractivity (Wildman–Crippen MR) is 74.8 cm³/mol. The Balaban J connectivity index is 2.08. The average Bonchev–Trinajstić information content (AvgIpc) is 2.65. The summed E-state index contributed by atoms with van der Waals surface area (Å²) in [6, 6.07) is 5.30. The van der Waals surface area contributed by atoms with Gasteiger partial charge in [0.15, 0.2) is 0 Å². The third kappa shape index (κ3) is 2.08. The fourth-order valence-electron chi connectivity index (χ4n) is 2.65. The molecular formula is C14H19FN4. The van der Waals surface area contributed by atoms with Crippen LogP contribution in [0.3, 0.4) is 0 Å². The number of hydrogen-bond donors (Lipinski definition) is 1. The van der Waals surface area contributed by atoms with Crippen molar-refractivity contribution in [3.63, 3.8) is 0 Å². The average molecular weight is 262 g/mol. The number of aromatic nitrogens is 2. The third-order valence-corrected chi connectivity index (χ3v) is 3.98. The van der Waals surface area contributed by atoms with E-state index in [1.165, 1.54) is 31.4 Å². The van der Waals surface area contributed by atoms with E-state index in [0.29, 0.717) is 24.6 Å². The van der Waals surface area contributed by atoms with Gasteiger partial charge < -0.3 is 15.2 Å². The summed E-state index contributed by atoms with van der Waals surface area (Å²) in [5.41, 5.74) is 7.35. The number of anilines is 1. The number of fused-ring (bicyclic) bond motifs is 1. The van der Waals surface area contributed by atoms with E-state index < -0.39 is 0 Å². The molecule has 2 aromatic rings. The highest BCUT2D eigenvalue weighted by atomic mass is 19.1. The molecule has 1 saturated carbocycles. The molecule has 5 heteroatoms. The van der Waals surface area contributed by atoms with Crippen molar-refractivity contribution in [1.82, 2.24) is 9.55 Å².